The largest absolute Gasteiger partial charge is 0.452 e. The summed E-state index contributed by atoms with van der Waals surface area (Å²) in [5.74, 6) is -3.93. The van der Waals surface area contributed by atoms with Crippen molar-refractivity contribution in [3.05, 3.63) is 66.3 Å². The minimum absolute atomic E-state index is 0.0861. The summed E-state index contributed by atoms with van der Waals surface area (Å²) < 4.78 is 50.8. The number of ether oxygens (including phenoxy) is 4. The van der Waals surface area contributed by atoms with E-state index in [1.807, 2.05) is 13.0 Å². The minimum atomic E-state index is -3.91. The summed E-state index contributed by atoms with van der Waals surface area (Å²) in [7, 11) is -2.61. The molecule has 1 saturated heterocycles. The number of aliphatic hydroxyl groups is 2. The maximum absolute atomic E-state index is 13.5. The molecule has 1 aromatic carbocycles. The van der Waals surface area contributed by atoms with E-state index in [2.05, 4.69) is 0 Å². The van der Waals surface area contributed by atoms with Crippen LogP contribution in [0.4, 0.5) is 0 Å². The molecule has 0 saturated carbocycles. The van der Waals surface area contributed by atoms with Crippen LogP contribution in [0.5, 0.6) is 0 Å². The zero-order valence-electron chi connectivity index (χ0n) is 24.1. The van der Waals surface area contributed by atoms with Crippen molar-refractivity contribution in [1.82, 2.24) is 0 Å². The van der Waals surface area contributed by atoms with E-state index < -0.39 is 69.3 Å². The fraction of sp³-hybridized carbons (Fsp3) is 0.533. The number of rotatable bonds is 13. The molecule has 0 amide bonds. The molecular formula is C30H40O10S. The van der Waals surface area contributed by atoms with Crippen molar-refractivity contribution in [2.24, 2.45) is 5.41 Å². The maximum Gasteiger partial charge on any atom is 0.331 e. The topological polar surface area (TPSA) is 146 Å². The van der Waals surface area contributed by atoms with E-state index in [0.29, 0.717) is 0 Å². The molecule has 41 heavy (non-hydrogen) atoms. The lowest BCUT2D eigenvalue weighted by Crippen LogP contribution is -2.67. The highest BCUT2D eigenvalue weighted by Crippen LogP contribution is 2.50. The van der Waals surface area contributed by atoms with Gasteiger partial charge >= 0.3 is 11.9 Å². The van der Waals surface area contributed by atoms with Gasteiger partial charge in [-0.05, 0) is 25.5 Å². The fourth-order valence-electron chi connectivity index (χ4n) is 5.14. The van der Waals surface area contributed by atoms with Crippen LogP contribution in [0.3, 0.4) is 0 Å². The minimum Gasteiger partial charge on any atom is -0.452 e. The Morgan fingerprint density at radius 2 is 1.88 bits per heavy atom. The molecule has 1 fully saturated rings. The van der Waals surface area contributed by atoms with E-state index in [9.17, 15) is 28.2 Å². The lowest BCUT2D eigenvalue weighted by Gasteiger charge is -2.54. The summed E-state index contributed by atoms with van der Waals surface area (Å²) >= 11 is 0. The third-order valence-electron chi connectivity index (χ3n) is 7.27. The van der Waals surface area contributed by atoms with Gasteiger partial charge in [-0.3, -0.25) is 0 Å². The summed E-state index contributed by atoms with van der Waals surface area (Å²) in [6, 6.07) is 7.88. The molecule has 0 aliphatic carbocycles. The van der Waals surface area contributed by atoms with Gasteiger partial charge in [0.1, 0.15) is 6.10 Å². The van der Waals surface area contributed by atoms with Gasteiger partial charge in [-0.25, -0.2) is 18.0 Å². The van der Waals surface area contributed by atoms with Gasteiger partial charge in [0.05, 0.1) is 22.9 Å². The third kappa shape index (κ3) is 7.34. The monoisotopic (exact) mass is 592 g/mol. The molecule has 2 aliphatic heterocycles. The number of benzene rings is 1. The number of fused-ring (bicyclic) bond motifs is 1. The molecule has 0 aromatic heterocycles. The average molecular weight is 593 g/mol. The number of aliphatic hydroxyl groups excluding tert-OH is 2. The summed E-state index contributed by atoms with van der Waals surface area (Å²) in [5.41, 5.74) is -1.20. The molecule has 0 unspecified atom stereocenters. The van der Waals surface area contributed by atoms with E-state index in [1.165, 1.54) is 44.4 Å². The van der Waals surface area contributed by atoms with Gasteiger partial charge in [0.15, 0.2) is 22.0 Å². The number of esters is 2. The number of sulfone groups is 1. The Labute approximate surface area is 241 Å². The molecule has 0 bridgehead atoms. The summed E-state index contributed by atoms with van der Waals surface area (Å²) in [5, 5.41) is 20.4. The molecule has 2 N–H and O–H groups in total. The zero-order valence-corrected chi connectivity index (χ0v) is 24.9. The predicted octanol–water partition coefficient (Wildman–Crippen LogP) is 3.04. The van der Waals surface area contributed by atoms with Crippen LogP contribution in [0.25, 0.3) is 0 Å². The Morgan fingerprint density at radius 1 is 1.20 bits per heavy atom. The summed E-state index contributed by atoms with van der Waals surface area (Å²) in [6.45, 7) is 6.62. The van der Waals surface area contributed by atoms with Crippen molar-refractivity contribution in [3.63, 3.8) is 0 Å². The SMILES string of the molecule is CCC/C=C/C=C/C(=O)O[C@H]1C2=CC(=O)O[C@@H]2[C@@H](C[C@@H](O)[C@@H](C)O)O[C@@]1(OC)C(C)(C)CS(=O)(=O)c1ccccc1. The standard InChI is InChI=1S/C30H40O10S/c1-6-7-8-9-13-16-25(33)39-28-22-17-26(34)38-27(22)24(18-23(32)20(2)31)40-30(28,37-5)29(3,4)19-41(35,36)21-14-11-10-12-15-21/h8-17,20,23-24,27-28,31-32H,6-7,18-19H2,1-5H3/b9-8+,16-13+/t20-,23-,24-,27+,28+,30-/m1/s1. The Morgan fingerprint density at radius 3 is 2.49 bits per heavy atom. The van der Waals surface area contributed by atoms with Gasteiger partial charge in [0.2, 0.25) is 5.79 Å². The molecule has 11 heteroatoms. The molecule has 10 nitrogen and oxygen atoms in total. The lowest BCUT2D eigenvalue weighted by molar-refractivity contribution is -0.353. The first kappa shape index (κ1) is 32.7. The van der Waals surface area contributed by atoms with Crippen molar-refractivity contribution < 1.29 is 47.2 Å². The molecule has 0 radical (unpaired) electrons. The molecule has 2 aliphatic rings. The molecule has 6 atom stereocenters. The van der Waals surface area contributed by atoms with Crippen LogP contribution in [0.1, 0.15) is 47.0 Å². The predicted molar refractivity (Wildman–Crippen MR) is 150 cm³/mol. The highest BCUT2D eigenvalue weighted by Gasteiger charge is 2.64. The number of carbonyl (C=O) groups excluding carboxylic acids is 2. The second kappa shape index (κ2) is 13.4. The maximum atomic E-state index is 13.5. The normalized spacial score (nSPS) is 26.5. The molecular weight excluding hydrogens is 552 g/mol. The van der Waals surface area contributed by atoms with Gasteiger partial charge in [-0.15, -0.1) is 0 Å². The van der Waals surface area contributed by atoms with Crippen LogP contribution in [0.2, 0.25) is 0 Å². The van der Waals surface area contributed by atoms with E-state index in [0.717, 1.165) is 12.8 Å². The van der Waals surface area contributed by atoms with Crippen LogP contribution >= 0.6 is 0 Å². The molecule has 3 rings (SSSR count). The number of allylic oxidation sites excluding steroid dienone is 3. The number of methoxy groups -OCH3 is 1. The molecule has 226 valence electrons. The average Bonchev–Trinajstić information content (AvgIpc) is 3.31. The highest BCUT2D eigenvalue weighted by molar-refractivity contribution is 7.91. The van der Waals surface area contributed by atoms with Crippen LogP contribution in [0, 0.1) is 5.41 Å². The second-order valence-corrected chi connectivity index (χ2v) is 12.9. The summed E-state index contributed by atoms with van der Waals surface area (Å²) in [6.07, 6.45) is 3.20. The van der Waals surface area contributed by atoms with Gasteiger partial charge < -0.3 is 29.2 Å². The van der Waals surface area contributed by atoms with Crippen molar-refractivity contribution in [2.45, 2.75) is 88.2 Å². The van der Waals surface area contributed by atoms with Gasteiger partial charge in [-0.2, -0.15) is 0 Å². The van der Waals surface area contributed by atoms with Crippen LogP contribution in [0.15, 0.2) is 71.2 Å². The number of hydrogen-bond donors (Lipinski definition) is 2. The Balaban J connectivity index is 2.09. The smallest absolute Gasteiger partial charge is 0.331 e. The first-order chi connectivity index (χ1) is 19.3. The second-order valence-electron chi connectivity index (χ2n) is 10.9. The fourth-order valence-corrected chi connectivity index (χ4v) is 7.03. The van der Waals surface area contributed by atoms with E-state index in [1.54, 1.807) is 38.1 Å². The van der Waals surface area contributed by atoms with Crippen molar-refractivity contribution >= 4 is 21.8 Å². The highest BCUT2D eigenvalue weighted by atomic mass is 32.2. The third-order valence-corrected chi connectivity index (χ3v) is 9.36. The molecule has 1 aromatic rings. The van der Waals surface area contributed by atoms with Crippen LogP contribution < -0.4 is 0 Å². The first-order valence-electron chi connectivity index (χ1n) is 13.6. The number of hydrogen-bond acceptors (Lipinski definition) is 10. The van der Waals surface area contributed by atoms with Crippen molar-refractivity contribution in [2.75, 3.05) is 12.9 Å². The molecule has 0 spiro atoms. The number of carbonyl (C=O) groups is 2. The van der Waals surface area contributed by atoms with E-state index in [-0.39, 0.29) is 16.9 Å². The van der Waals surface area contributed by atoms with Gasteiger partial charge in [0, 0.05) is 36.7 Å². The number of unbranched alkanes of at least 4 members (excludes halogenated alkanes) is 1. The van der Waals surface area contributed by atoms with Crippen LogP contribution in [-0.4, -0.2) is 79.7 Å². The molecule has 2 heterocycles. The summed E-state index contributed by atoms with van der Waals surface area (Å²) in [4.78, 5) is 25.6. The van der Waals surface area contributed by atoms with E-state index >= 15 is 0 Å². The van der Waals surface area contributed by atoms with Crippen LogP contribution in [-0.2, 0) is 38.4 Å². The van der Waals surface area contributed by atoms with Gasteiger partial charge in [0.25, 0.3) is 0 Å². The Hall–Kier alpha value is -2.83. The van der Waals surface area contributed by atoms with Crippen molar-refractivity contribution in [1.29, 1.82) is 0 Å². The zero-order chi connectivity index (χ0) is 30.4. The first-order valence-corrected chi connectivity index (χ1v) is 15.3. The Kier molecular flexibility index (Phi) is 10.7. The van der Waals surface area contributed by atoms with Crippen molar-refractivity contribution in [3.8, 4) is 0 Å². The lowest BCUT2D eigenvalue weighted by atomic mass is 9.75. The van der Waals surface area contributed by atoms with Gasteiger partial charge in [-0.1, -0.05) is 63.6 Å². The quantitative estimate of drug-likeness (QED) is 0.199. The Bertz CT molecular complexity index is 1270. The van der Waals surface area contributed by atoms with E-state index in [4.69, 9.17) is 18.9 Å².